The number of rotatable bonds is 3. The van der Waals surface area contributed by atoms with Crippen LogP contribution < -0.4 is 10.6 Å². The van der Waals surface area contributed by atoms with E-state index in [1.807, 2.05) is 0 Å². The van der Waals surface area contributed by atoms with Gasteiger partial charge in [0, 0.05) is 38.2 Å². The van der Waals surface area contributed by atoms with Crippen LogP contribution in [-0.2, 0) is 26.0 Å². The van der Waals surface area contributed by atoms with Gasteiger partial charge in [-0.15, -0.1) is 0 Å². The molecule has 2 aliphatic heterocycles. The van der Waals surface area contributed by atoms with Gasteiger partial charge in [-0.1, -0.05) is 0 Å². The molecule has 2 N–H and O–H groups in total. The fourth-order valence-electron chi connectivity index (χ4n) is 3.23. The molecule has 0 aliphatic carbocycles. The third kappa shape index (κ3) is 3.16. The normalized spacial score (nSPS) is 19.5. The molecule has 0 saturated carbocycles. The average molecular weight is 351 g/mol. The van der Waals surface area contributed by atoms with E-state index in [9.17, 15) is 18.0 Å². The number of carbonyl (C=O) groups excluding carboxylic acids is 2. The van der Waals surface area contributed by atoms with E-state index in [2.05, 4.69) is 10.6 Å². The van der Waals surface area contributed by atoms with E-state index in [0.29, 0.717) is 44.5 Å². The maximum absolute atomic E-state index is 12.8. The van der Waals surface area contributed by atoms with Crippen molar-refractivity contribution in [2.24, 2.45) is 5.92 Å². The number of fused-ring (bicyclic) bond motifs is 1. The number of hydrogen-bond donors (Lipinski definition) is 2. The monoisotopic (exact) mass is 351 g/mol. The van der Waals surface area contributed by atoms with E-state index >= 15 is 0 Å². The molecule has 7 nitrogen and oxygen atoms in total. The quantitative estimate of drug-likeness (QED) is 0.839. The van der Waals surface area contributed by atoms with Crippen LogP contribution in [-0.4, -0.2) is 44.7 Å². The van der Waals surface area contributed by atoms with Gasteiger partial charge in [-0.3, -0.25) is 9.59 Å². The molecule has 1 fully saturated rings. The Labute approximate surface area is 141 Å². The van der Waals surface area contributed by atoms with E-state index in [-0.39, 0.29) is 22.6 Å². The minimum absolute atomic E-state index is 0.0310. The van der Waals surface area contributed by atoms with Gasteiger partial charge in [0.15, 0.2) is 0 Å². The van der Waals surface area contributed by atoms with Crippen molar-refractivity contribution in [2.45, 2.75) is 30.6 Å². The van der Waals surface area contributed by atoms with Crippen LogP contribution in [0.2, 0.25) is 0 Å². The predicted octanol–water partition coefficient (Wildman–Crippen LogP) is 0.718. The molecule has 130 valence electrons. The number of sulfonamides is 1. The maximum Gasteiger partial charge on any atom is 0.243 e. The van der Waals surface area contributed by atoms with Gasteiger partial charge in [0.2, 0.25) is 21.8 Å². The Hall–Kier alpha value is -1.93. The molecule has 0 spiro atoms. The molecule has 3 rings (SSSR count). The highest BCUT2D eigenvalue weighted by Gasteiger charge is 2.32. The van der Waals surface area contributed by atoms with E-state index in [0.717, 1.165) is 5.56 Å². The van der Waals surface area contributed by atoms with Crippen LogP contribution in [0.5, 0.6) is 0 Å². The Morgan fingerprint density at radius 1 is 1.25 bits per heavy atom. The molecule has 0 radical (unpaired) electrons. The van der Waals surface area contributed by atoms with Gasteiger partial charge >= 0.3 is 0 Å². The second-order valence-corrected chi connectivity index (χ2v) is 8.10. The van der Waals surface area contributed by atoms with Crippen molar-refractivity contribution in [3.8, 4) is 0 Å². The number of carbonyl (C=O) groups is 2. The van der Waals surface area contributed by atoms with Gasteiger partial charge in [0.25, 0.3) is 0 Å². The largest absolute Gasteiger partial charge is 0.359 e. The fourth-order valence-corrected chi connectivity index (χ4v) is 4.75. The highest BCUT2D eigenvalue weighted by atomic mass is 32.2. The van der Waals surface area contributed by atoms with Crippen LogP contribution in [0.1, 0.15) is 24.8 Å². The molecule has 0 bridgehead atoms. The van der Waals surface area contributed by atoms with Crippen molar-refractivity contribution in [2.75, 3.05) is 25.5 Å². The summed E-state index contributed by atoms with van der Waals surface area (Å²) in [5.41, 5.74) is 1.53. The first kappa shape index (κ1) is 16.9. The molecule has 1 aromatic carbocycles. The number of piperidine rings is 1. The highest BCUT2D eigenvalue weighted by molar-refractivity contribution is 7.89. The first-order valence-corrected chi connectivity index (χ1v) is 9.50. The molecule has 1 aromatic rings. The third-order valence-electron chi connectivity index (χ3n) is 4.68. The van der Waals surface area contributed by atoms with Crippen molar-refractivity contribution in [1.82, 2.24) is 9.62 Å². The number of nitrogens with zero attached hydrogens (tertiary/aromatic N) is 1. The molecule has 0 unspecified atom stereocenters. The van der Waals surface area contributed by atoms with Gasteiger partial charge in [0.05, 0.1) is 4.90 Å². The first-order valence-electron chi connectivity index (χ1n) is 8.06. The van der Waals surface area contributed by atoms with Crippen LogP contribution in [0.25, 0.3) is 0 Å². The summed E-state index contributed by atoms with van der Waals surface area (Å²) in [6, 6.07) is 4.83. The van der Waals surface area contributed by atoms with Crippen molar-refractivity contribution < 1.29 is 18.0 Å². The predicted molar refractivity (Wildman–Crippen MR) is 88.9 cm³/mol. The molecular formula is C16H21N3O4S. The van der Waals surface area contributed by atoms with Crippen LogP contribution in [0.15, 0.2) is 23.1 Å². The molecule has 0 aromatic heterocycles. The van der Waals surface area contributed by atoms with E-state index in [1.54, 1.807) is 19.2 Å². The second-order valence-electron chi connectivity index (χ2n) is 6.16. The lowest BCUT2D eigenvalue weighted by Gasteiger charge is -2.30. The van der Waals surface area contributed by atoms with Crippen molar-refractivity contribution >= 4 is 27.5 Å². The Bertz CT molecular complexity index is 768. The Kier molecular flexibility index (Phi) is 4.60. The summed E-state index contributed by atoms with van der Waals surface area (Å²) < 4.78 is 27.1. The van der Waals surface area contributed by atoms with Crippen molar-refractivity contribution in [1.29, 1.82) is 0 Å². The number of anilines is 1. The molecule has 2 heterocycles. The van der Waals surface area contributed by atoms with Crippen LogP contribution in [0, 0.1) is 5.92 Å². The lowest BCUT2D eigenvalue weighted by Crippen LogP contribution is -2.42. The number of nitrogens with one attached hydrogen (secondary N) is 2. The zero-order chi connectivity index (χ0) is 17.3. The summed E-state index contributed by atoms with van der Waals surface area (Å²) in [5.74, 6) is -0.203. The van der Waals surface area contributed by atoms with Crippen molar-refractivity contribution in [3.63, 3.8) is 0 Å². The summed E-state index contributed by atoms with van der Waals surface area (Å²) in [6.45, 7) is 0.683. The van der Waals surface area contributed by atoms with Gasteiger partial charge in [0.1, 0.15) is 0 Å². The lowest BCUT2D eigenvalue weighted by atomic mass is 9.97. The minimum atomic E-state index is -3.58. The van der Waals surface area contributed by atoms with Gasteiger partial charge in [-0.05, 0) is 43.0 Å². The van der Waals surface area contributed by atoms with Gasteiger partial charge in [-0.25, -0.2) is 8.42 Å². The Morgan fingerprint density at radius 2 is 1.96 bits per heavy atom. The van der Waals surface area contributed by atoms with Gasteiger partial charge in [-0.2, -0.15) is 4.31 Å². The third-order valence-corrected chi connectivity index (χ3v) is 6.58. The van der Waals surface area contributed by atoms with Gasteiger partial charge < -0.3 is 10.6 Å². The summed E-state index contributed by atoms with van der Waals surface area (Å²) in [5, 5.41) is 5.37. The topological polar surface area (TPSA) is 95.6 Å². The molecule has 2 amide bonds. The summed E-state index contributed by atoms with van der Waals surface area (Å²) in [7, 11) is -1.98. The van der Waals surface area contributed by atoms with Crippen LogP contribution >= 0.6 is 0 Å². The van der Waals surface area contributed by atoms with E-state index < -0.39 is 10.0 Å². The molecular weight excluding hydrogens is 330 g/mol. The summed E-state index contributed by atoms with van der Waals surface area (Å²) in [6.07, 6.45) is 1.97. The minimum Gasteiger partial charge on any atom is -0.359 e. The molecule has 2 aliphatic rings. The average Bonchev–Trinajstić information content (AvgIpc) is 2.60. The SMILES string of the molecule is CNC(=O)C1CCN(S(=O)(=O)c2ccc3c(c2)CCC(=O)N3)CC1. The Morgan fingerprint density at radius 3 is 2.62 bits per heavy atom. The Balaban J connectivity index is 1.77. The number of benzene rings is 1. The van der Waals surface area contributed by atoms with Crippen LogP contribution in [0.4, 0.5) is 5.69 Å². The fraction of sp³-hybridized carbons (Fsp3) is 0.500. The first-order chi connectivity index (χ1) is 11.4. The van der Waals surface area contributed by atoms with Crippen LogP contribution in [0.3, 0.4) is 0 Å². The molecule has 8 heteroatoms. The maximum atomic E-state index is 12.8. The molecule has 24 heavy (non-hydrogen) atoms. The number of aryl methyl sites for hydroxylation is 1. The smallest absolute Gasteiger partial charge is 0.243 e. The zero-order valence-corrected chi connectivity index (χ0v) is 14.4. The summed E-state index contributed by atoms with van der Waals surface area (Å²) in [4.78, 5) is 23.3. The zero-order valence-electron chi connectivity index (χ0n) is 13.5. The van der Waals surface area contributed by atoms with Crippen molar-refractivity contribution in [3.05, 3.63) is 23.8 Å². The van der Waals surface area contributed by atoms with E-state index in [4.69, 9.17) is 0 Å². The van der Waals surface area contributed by atoms with E-state index in [1.165, 1.54) is 10.4 Å². The highest BCUT2D eigenvalue weighted by Crippen LogP contribution is 2.29. The summed E-state index contributed by atoms with van der Waals surface area (Å²) >= 11 is 0. The second kappa shape index (κ2) is 6.52. The number of hydrogen-bond acceptors (Lipinski definition) is 4. The standard InChI is InChI=1S/C16H21N3O4S/c1-17-16(21)11-6-8-19(9-7-11)24(22,23)13-3-4-14-12(10-13)2-5-15(20)18-14/h3-4,10-11H,2,5-9H2,1H3,(H,17,21)(H,18,20). The molecule has 1 saturated heterocycles. The number of amides is 2. The molecule has 0 atom stereocenters. The lowest BCUT2D eigenvalue weighted by molar-refractivity contribution is -0.125.